The quantitative estimate of drug-likeness (QED) is 0.724. The zero-order valence-electron chi connectivity index (χ0n) is 15.1. The first kappa shape index (κ1) is 19.3. The Labute approximate surface area is 153 Å². The molecule has 0 saturated carbocycles. The second-order valence-electron chi connectivity index (χ2n) is 5.50. The lowest BCUT2D eigenvalue weighted by Crippen LogP contribution is -2.28. The lowest BCUT2D eigenvalue weighted by atomic mass is 10.1. The van der Waals surface area contributed by atoms with Crippen LogP contribution in [0.5, 0.6) is 11.5 Å². The average Bonchev–Trinajstić information content (AvgIpc) is 2.66. The Balaban J connectivity index is 1.81. The molecule has 0 aliphatic heterocycles. The van der Waals surface area contributed by atoms with E-state index in [0.717, 1.165) is 5.56 Å². The molecule has 2 aromatic carbocycles. The van der Waals surface area contributed by atoms with Crippen LogP contribution in [0.4, 0.5) is 0 Å². The zero-order valence-corrected chi connectivity index (χ0v) is 15.1. The van der Waals surface area contributed by atoms with Gasteiger partial charge in [-0.1, -0.05) is 24.3 Å². The van der Waals surface area contributed by atoms with E-state index < -0.39 is 0 Å². The molecule has 0 bridgehead atoms. The lowest BCUT2D eigenvalue weighted by Gasteiger charge is -2.11. The van der Waals surface area contributed by atoms with E-state index in [1.807, 2.05) is 38.1 Å². The number of amides is 2. The first-order valence-corrected chi connectivity index (χ1v) is 8.62. The van der Waals surface area contributed by atoms with Crippen LogP contribution in [0.25, 0.3) is 0 Å². The van der Waals surface area contributed by atoms with Gasteiger partial charge < -0.3 is 20.1 Å². The Morgan fingerprint density at radius 2 is 1.54 bits per heavy atom. The Morgan fingerprint density at radius 3 is 2.15 bits per heavy atom. The molecule has 6 nitrogen and oxygen atoms in total. The van der Waals surface area contributed by atoms with E-state index in [0.29, 0.717) is 36.8 Å². The molecule has 0 atom stereocenters. The van der Waals surface area contributed by atoms with E-state index in [9.17, 15) is 9.59 Å². The number of nitrogens with one attached hydrogen (secondary N) is 2. The van der Waals surface area contributed by atoms with E-state index in [-0.39, 0.29) is 18.4 Å². The minimum Gasteiger partial charge on any atom is -0.490 e. The van der Waals surface area contributed by atoms with Crippen molar-refractivity contribution in [1.82, 2.24) is 10.6 Å². The molecule has 0 spiro atoms. The molecular formula is C20H24N2O4. The third kappa shape index (κ3) is 5.81. The molecule has 0 heterocycles. The number of carbonyl (C=O) groups is 2. The summed E-state index contributed by atoms with van der Waals surface area (Å²) >= 11 is 0. The van der Waals surface area contributed by atoms with Gasteiger partial charge in [-0.05, 0) is 43.7 Å². The Hall–Kier alpha value is -3.02. The highest BCUT2D eigenvalue weighted by Crippen LogP contribution is 2.26. The highest BCUT2D eigenvalue weighted by Gasteiger charge is 2.08. The molecule has 2 aromatic rings. The van der Waals surface area contributed by atoms with E-state index in [1.54, 1.807) is 24.3 Å². The highest BCUT2D eigenvalue weighted by atomic mass is 16.5. The summed E-state index contributed by atoms with van der Waals surface area (Å²) in [5, 5.41) is 5.53. The van der Waals surface area contributed by atoms with Gasteiger partial charge in [-0.3, -0.25) is 9.59 Å². The molecule has 0 saturated heterocycles. The summed E-state index contributed by atoms with van der Waals surface area (Å²) in [5.74, 6) is 0.813. The lowest BCUT2D eigenvalue weighted by molar-refractivity contribution is -0.123. The summed E-state index contributed by atoms with van der Waals surface area (Å²) in [6.45, 7) is 5.14. The van der Waals surface area contributed by atoms with Gasteiger partial charge in [0.25, 0.3) is 11.8 Å². The van der Waals surface area contributed by atoms with Gasteiger partial charge in [-0.2, -0.15) is 0 Å². The maximum Gasteiger partial charge on any atom is 0.258 e. The molecule has 138 valence electrons. The van der Waals surface area contributed by atoms with Crippen LogP contribution in [-0.4, -0.2) is 31.6 Å². The van der Waals surface area contributed by atoms with Crippen LogP contribution in [-0.2, 0) is 11.3 Å². The molecule has 2 rings (SSSR count). The van der Waals surface area contributed by atoms with Crippen LogP contribution in [0.15, 0.2) is 48.5 Å². The smallest absolute Gasteiger partial charge is 0.258 e. The summed E-state index contributed by atoms with van der Waals surface area (Å²) in [4.78, 5) is 23.7. The van der Waals surface area contributed by atoms with Crippen molar-refractivity contribution in [2.75, 3.05) is 19.8 Å². The second-order valence-corrected chi connectivity index (χ2v) is 5.50. The van der Waals surface area contributed by atoms with Gasteiger partial charge in [-0.25, -0.2) is 0 Å². The van der Waals surface area contributed by atoms with Crippen LogP contribution in [0.3, 0.4) is 0 Å². The van der Waals surface area contributed by atoms with E-state index in [2.05, 4.69) is 10.6 Å². The standard InChI is InChI=1S/C20H24N2O4/c1-3-21-20(24)16-11-9-15(10-12-16)13-22-19(23)14-26-18-8-6-5-7-17(18)25-4-2/h5-12H,3-4,13-14H2,1-2H3,(H,21,24)(H,22,23). The Kier molecular flexibility index (Phi) is 7.49. The summed E-state index contributed by atoms with van der Waals surface area (Å²) in [7, 11) is 0. The molecule has 0 fully saturated rings. The largest absolute Gasteiger partial charge is 0.490 e. The van der Waals surface area contributed by atoms with Crippen molar-refractivity contribution in [2.24, 2.45) is 0 Å². The third-order valence-corrected chi connectivity index (χ3v) is 3.55. The molecule has 0 radical (unpaired) electrons. The minimum atomic E-state index is -0.232. The monoisotopic (exact) mass is 356 g/mol. The van der Waals surface area contributed by atoms with Crippen molar-refractivity contribution in [3.8, 4) is 11.5 Å². The normalized spacial score (nSPS) is 10.1. The van der Waals surface area contributed by atoms with Gasteiger partial charge in [0, 0.05) is 18.7 Å². The van der Waals surface area contributed by atoms with Crippen molar-refractivity contribution in [3.05, 3.63) is 59.7 Å². The molecule has 2 N–H and O–H groups in total. The average molecular weight is 356 g/mol. The van der Waals surface area contributed by atoms with Crippen molar-refractivity contribution in [1.29, 1.82) is 0 Å². The summed E-state index contributed by atoms with van der Waals surface area (Å²) in [6.07, 6.45) is 0. The molecule has 0 aromatic heterocycles. The van der Waals surface area contributed by atoms with E-state index in [1.165, 1.54) is 0 Å². The number of carbonyl (C=O) groups excluding carboxylic acids is 2. The Morgan fingerprint density at radius 1 is 0.885 bits per heavy atom. The first-order chi connectivity index (χ1) is 12.6. The maximum absolute atomic E-state index is 12.0. The first-order valence-electron chi connectivity index (χ1n) is 8.62. The van der Waals surface area contributed by atoms with Crippen molar-refractivity contribution < 1.29 is 19.1 Å². The molecule has 6 heteroatoms. The molecule has 0 aliphatic carbocycles. The molecule has 0 aliphatic rings. The molecular weight excluding hydrogens is 332 g/mol. The predicted molar refractivity (Wildman–Crippen MR) is 99.4 cm³/mol. The SMILES string of the molecule is CCNC(=O)c1ccc(CNC(=O)COc2ccccc2OCC)cc1. The van der Waals surface area contributed by atoms with Crippen LogP contribution < -0.4 is 20.1 Å². The highest BCUT2D eigenvalue weighted by molar-refractivity contribution is 5.94. The number of hydrogen-bond acceptors (Lipinski definition) is 4. The van der Waals surface area contributed by atoms with Gasteiger partial charge in [0.05, 0.1) is 6.61 Å². The van der Waals surface area contributed by atoms with Crippen molar-refractivity contribution in [2.45, 2.75) is 20.4 Å². The summed E-state index contributed by atoms with van der Waals surface area (Å²) < 4.78 is 11.0. The number of ether oxygens (including phenoxy) is 2. The fourth-order valence-electron chi connectivity index (χ4n) is 2.28. The van der Waals surface area contributed by atoms with Gasteiger partial charge in [0.2, 0.25) is 0 Å². The van der Waals surface area contributed by atoms with Gasteiger partial charge in [-0.15, -0.1) is 0 Å². The number of rotatable bonds is 9. The van der Waals surface area contributed by atoms with Gasteiger partial charge >= 0.3 is 0 Å². The van der Waals surface area contributed by atoms with Gasteiger partial charge in [0.1, 0.15) is 0 Å². The minimum absolute atomic E-state index is 0.0962. The van der Waals surface area contributed by atoms with Crippen molar-refractivity contribution in [3.63, 3.8) is 0 Å². The molecule has 0 unspecified atom stereocenters. The maximum atomic E-state index is 12.0. The van der Waals surface area contributed by atoms with Crippen LogP contribution in [0, 0.1) is 0 Å². The van der Waals surface area contributed by atoms with E-state index >= 15 is 0 Å². The van der Waals surface area contributed by atoms with Gasteiger partial charge in [0.15, 0.2) is 18.1 Å². The third-order valence-electron chi connectivity index (χ3n) is 3.55. The van der Waals surface area contributed by atoms with Crippen molar-refractivity contribution >= 4 is 11.8 Å². The van der Waals surface area contributed by atoms with Crippen LogP contribution >= 0.6 is 0 Å². The second kappa shape index (κ2) is 10.1. The topological polar surface area (TPSA) is 76.7 Å². The Bertz CT molecular complexity index is 729. The fraction of sp³-hybridized carbons (Fsp3) is 0.300. The van der Waals surface area contributed by atoms with Crippen LogP contribution in [0.2, 0.25) is 0 Å². The zero-order chi connectivity index (χ0) is 18.8. The number of benzene rings is 2. The predicted octanol–water partition coefficient (Wildman–Crippen LogP) is 2.53. The summed E-state index contributed by atoms with van der Waals surface area (Å²) in [5.41, 5.74) is 1.50. The summed E-state index contributed by atoms with van der Waals surface area (Å²) in [6, 6.07) is 14.3. The van der Waals surface area contributed by atoms with E-state index in [4.69, 9.17) is 9.47 Å². The fourth-order valence-corrected chi connectivity index (χ4v) is 2.28. The molecule has 26 heavy (non-hydrogen) atoms. The number of hydrogen-bond donors (Lipinski definition) is 2. The molecule has 2 amide bonds. The number of para-hydroxylation sites is 2. The van der Waals surface area contributed by atoms with Crippen LogP contribution in [0.1, 0.15) is 29.8 Å².